The van der Waals surface area contributed by atoms with Crippen molar-refractivity contribution in [2.75, 3.05) is 0 Å². The zero-order chi connectivity index (χ0) is 19.6. The Kier molecular flexibility index (Phi) is 4.84. The molecule has 2 aromatic carbocycles. The van der Waals surface area contributed by atoms with E-state index in [2.05, 4.69) is 32.9 Å². The van der Waals surface area contributed by atoms with Crippen molar-refractivity contribution in [3.8, 4) is 17.9 Å². The fourth-order valence-electron chi connectivity index (χ4n) is 3.08. The molecular weight excluding hydrogens is 336 g/mol. The number of esters is 1. The van der Waals surface area contributed by atoms with Crippen LogP contribution < -0.4 is 4.74 Å². The molecule has 1 unspecified atom stereocenters. The Labute approximate surface area is 159 Å². The van der Waals surface area contributed by atoms with E-state index in [9.17, 15) is 15.3 Å². The van der Waals surface area contributed by atoms with Crippen molar-refractivity contribution in [2.45, 2.75) is 32.6 Å². The number of allylic oxidation sites excluding steroid dienone is 1. The van der Waals surface area contributed by atoms with E-state index in [0.717, 1.165) is 16.7 Å². The van der Waals surface area contributed by atoms with Crippen molar-refractivity contribution < 1.29 is 9.53 Å². The number of benzene rings is 2. The Morgan fingerprint density at radius 1 is 1.15 bits per heavy atom. The van der Waals surface area contributed by atoms with E-state index in [1.165, 1.54) is 0 Å². The van der Waals surface area contributed by atoms with E-state index in [4.69, 9.17) is 4.74 Å². The summed E-state index contributed by atoms with van der Waals surface area (Å²) in [5.41, 5.74) is 3.38. The van der Waals surface area contributed by atoms with Crippen LogP contribution in [0.1, 0.15) is 47.8 Å². The quantitative estimate of drug-likeness (QED) is 0.572. The molecule has 4 nitrogen and oxygen atoms in total. The van der Waals surface area contributed by atoms with Gasteiger partial charge in [-0.2, -0.15) is 10.5 Å². The molecule has 1 atom stereocenters. The maximum absolute atomic E-state index is 12.6. The molecule has 1 aliphatic rings. The molecule has 1 aliphatic carbocycles. The van der Waals surface area contributed by atoms with E-state index < -0.39 is 11.9 Å². The lowest BCUT2D eigenvalue weighted by molar-refractivity contribution is 0.0732. The molecule has 0 saturated heterocycles. The summed E-state index contributed by atoms with van der Waals surface area (Å²) in [4.78, 5) is 12.6. The topological polar surface area (TPSA) is 73.9 Å². The molecule has 0 saturated carbocycles. The van der Waals surface area contributed by atoms with Crippen LogP contribution in [0.25, 0.3) is 6.08 Å². The van der Waals surface area contributed by atoms with Crippen LogP contribution in [-0.4, -0.2) is 5.97 Å². The first kappa shape index (κ1) is 18.4. The van der Waals surface area contributed by atoms with Crippen molar-refractivity contribution in [1.82, 2.24) is 0 Å². The number of fused-ring (bicyclic) bond motifs is 1. The van der Waals surface area contributed by atoms with Crippen LogP contribution in [0.4, 0.5) is 0 Å². The Morgan fingerprint density at radius 3 is 2.44 bits per heavy atom. The number of rotatable bonds is 2. The zero-order valence-corrected chi connectivity index (χ0v) is 15.6. The molecule has 0 aromatic heterocycles. The summed E-state index contributed by atoms with van der Waals surface area (Å²) in [5, 5.41) is 18.8. The van der Waals surface area contributed by atoms with Crippen molar-refractivity contribution in [3.63, 3.8) is 0 Å². The fraction of sp³-hybridized carbons (Fsp3) is 0.261. The first-order valence-electron chi connectivity index (χ1n) is 8.79. The van der Waals surface area contributed by atoms with Crippen molar-refractivity contribution in [3.05, 3.63) is 70.3 Å². The predicted octanol–water partition coefficient (Wildman–Crippen LogP) is 4.81. The third-order valence-electron chi connectivity index (χ3n) is 4.70. The number of carbonyl (C=O) groups excluding carboxylic acids is 1. The summed E-state index contributed by atoms with van der Waals surface area (Å²) in [6.45, 7) is 6.23. The van der Waals surface area contributed by atoms with Gasteiger partial charge in [-0.05, 0) is 47.2 Å². The van der Waals surface area contributed by atoms with Gasteiger partial charge in [0.05, 0.1) is 23.6 Å². The minimum Gasteiger partial charge on any atom is -0.423 e. The van der Waals surface area contributed by atoms with Crippen molar-refractivity contribution in [1.29, 1.82) is 10.5 Å². The first-order valence-corrected chi connectivity index (χ1v) is 8.79. The van der Waals surface area contributed by atoms with Gasteiger partial charge in [0.25, 0.3) is 0 Å². The minimum atomic E-state index is -0.530. The van der Waals surface area contributed by atoms with Gasteiger partial charge >= 0.3 is 5.97 Å². The number of ether oxygens (including phenoxy) is 1. The second-order valence-corrected chi connectivity index (χ2v) is 7.65. The van der Waals surface area contributed by atoms with Gasteiger partial charge in [-0.15, -0.1) is 0 Å². The molecule has 0 heterocycles. The van der Waals surface area contributed by atoms with Gasteiger partial charge in [0.1, 0.15) is 5.75 Å². The molecule has 27 heavy (non-hydrogen) atoms. The number of hydrogen-bond donors (Lipinski definition) is 0. The lowest BCUT2D eigenvalue weighted by Gasteiger charge is -2.25. The van der Waals surface area contributed by atoms with E-state index in [1.54, 1.807) is 30.3 Å². The van der Waals surface area contributed by atoms with Crippen molar-refractivity contribution in [2.24, 2.45) is 5.92 Å². The summed E-state index contributed by atoms with van der Waals surface area (Å²) in [6, 6.07) is 17.0. The molecule has 0 N–H and O–H groups in total. The minimum absolute atomic E-state index is 0.157. The van der Waals surface area contributed by atoms with Gasteiger partial charge in [0.15, 0.2) is 0 Å². The largest absolute Gasteiger partial charge is 0.423 e. The molecule has 0 spiro atoms. The van der Waals surface area contributed by atoms with Crippen LogP contribution >= 0.6 is 0 Å². The number of nitrogens with zero attached hydrogens (tertiary/aromatic N) is 2. The van der Waals surface area contributed by atoms with Crippen LogP contribution in [0.2, 0.25) is 0 Å². The lowest BCUT2D eigenvalue weighted by atomic mass is 9.79. The monoisotopic (exact) mass is 356 g/mol. The molecule has 0 fully saturated rings. The van der Waals surface area contributed by atoms with E-state index in [1.807, 2.05) is 18.2 Å². The Balaban J connectivity index is 2.11. The van der Waals surface area contributed by atoms with Gasteiger partial charge in [-0.1, -0.05) is 45.0 Å². The average Bonchev–Trinajstić information content (AvgIpc) is 2.66. The van der Waals surface area contributed by atoms with Crippen LogP contribution in [0.15, 0.2) is 48.0 Å². The summed E-state index contributed by atoms with van der Waals surface area (Å²) < 4.78 is 5.74. The second-order valence-electron chi connectivity index (χ2n) is 7.65. The van der Waals surface area contributed by atoms with Crippen LogP contribution in [0.3, 0.4) is 0 Å². The van der Waals surface area contributed by atoms with Crippen LogP contribution in [-0.2, 0) is 11.8 Å². The second kappa shape index (κ2) is 7.09. The maximum Gasteiger partial charge on any atom is 0.343 e. The van der Waals surface area contributed by atoms with Gasteiger partial charge < -0.3 is 4.74 Å². The molecule has 0 radical (unpaired) electrons. The van der Waals surface area contributed by atoms with Crippen LogP contribution in [0, 0.1) is 28.6 Å². The summed E-state index contributed by atoms with van der Waals surface area (Å²) in [7, 11) is 0. The lowest BCUT2D eigenvalue weighted by Crippen LogP contribution is -2.18. The number of hydrogen-bond acceptors (Lipinski definition) is 4. The smallest absolute Gasteiger partial charge is 0.343 e. The molecule has 4 heteroatoms. The zero-order valence-electron chi connectivity index (χ0n) is 15.6. The highest BCUT2D eigenvalue weighted by atomic mass is 16.5. The summed E-state index contributed by atoms with van der Waals surface area (Å²) in [5.74, 6) is -0.510. The van der Waals surface area contributed by atoms with E-state index in [0.29, 0.717) is 23.3 Å². The predicted molar refractivity (Wildman–Crippen MR) is 103 cm³/mol. The highest BCUT2D eigenvalue weighted by molar-refractivity contribution is 5.91. The molecular formula is C23H20N2O2. The standard InChI is InChI=1S/C23H20N2O2/c1-23(2,3)19-10-16-9-17(13-24)18(14-25)11-20(16)21(12-19)27-22(26)15-7-5-4-6-8-15/h4-10,12,18H,11H2,1-3H3. The summed E-state index contributed by atoms with van der Waals surface area (Å²) in [6.07, 6.45) is 2.09. The third kappa shape index (κ3) is 3.76. The first-order chi connectivity index (χ1) is 12.8. The number of nitriles is 2. The molecule has 0 amide bonds. The molecule has 134 valence electrons. The van der Waals surface area contributed by atoms with Crippen LogP contribution in [0.5, 0.6) is 5.75 Å². The SMILES string of the molecule is CC(C)(C)c1cc2c(c(OC(=O)c3ccccc3)c1)CC(C#N)C(C#N)=C2. The van der Waals surface area contributed by atoms with Crippen molar-refractivity contribution >= 4 is 12.0 Å². The highest BCUT2D eigenvalue weighted by Gasteiger charge is 2.27. The van der Waals surface area contributed by atoms with Gasteiger partial charge in [-0.3, -0.25) is 0 Å². The molecule has 3 rings (SSSR count). The average molecular weight is 356 g/mol. The van der Waals surface area contributed by atoms with Gasteiger partial charge in [0.2, 0.25) is 0 Å². The Hall–Kier alpha value is -3.37. The van der Waals surface area contributed by atoms with Gasteiger partial charge in [-0.25, -0.2) is 4.79 Å². The molecule has 0 bridgehead atoms. The number of carbonyl (C=O) groups is 1. The van der Waals surface area contributed by atoms with E-state index >= 15 is 0 Å². The van der Waals surface area contributed by atoms with Gasteiger partial charge in [0, 0.05) is 11.1 Å². The molecule has 2 aromatic rings. The highest BCUT2D eigenvalue weighted by Crippen LogP contribution is 2.38. The fourth-order valence-corrected chi connectivity index (χ4v) is 3.08. The third-order valence-corrected chi connectivity index (χ3v) is 4.70. The summed E-state index contributed by atoms with van der Waals surface area (Å²) >= 11 is 0. The maximum atomic E-state index is 12.6. The normalized spacial score (nSPS) is 15.7. The Bertz CT molecular complexity index is 1000. The Morgan fingerprint density at radius 2 is 1.85 bits per heavy atom. The van der Waals surface area contributed by atoms with E-state index in [-0.39, 0.29) is 5.41 Å². The molecule has 0 aliphatic heterocycles.